The summed E-state index contributed by atoms with van der Waals surface area (Å²) in [5.74, 6) is 6.29. The smallest absolute Gasteiger partial charge is 0.0506 e. The maximum absolute atomic E-state index is 5.57. The zero-order valence-electron chi connectivity index (χ0n) is 8.75. The van der Waals surface area contributed by atoms with Gasteiger partial charge >= 0.3 is 0 Å². The van der Waals surface area contributed by atoms with Crippen LogP contribution in [0.1, 0.15) is 35.8 Å². The summed E-state index contributed by atoms with van der Waals surface area (Å²) in [6.07, 6.45) is 2.56. The SMILES string of the molecule is Cc1ccc(C(NN)C2CC2)c(C)n1. The highest BCUT2D eigenvalue weighted by molar-refractivity contribution is 5.26. The molecule has 1 heterocycles. The predicted octanol–water partition coefficient (Wildman–Crippen LogP) is 1.61. The lowest BCUT2D eigenvalue weighted by Gasteiger charge is -2.17. The van der Waals surface area contributed by atoms with Gasteiger partial charge in [-0.25, -0.2) is 0 Å². The van der Waals surface area contributed by atoms with E-state index < -0.39 is 0 Å². The van der Waals surface area contributed by atoms with Crippen molar-refractivity contribution in [2.75, 3.05) is 0 Å². The Morgan fingerprint density at radius 1 is 1.43 bits per heavy atom. The first-order valence-corrected chi connectivity index (χ1v) is 5.12. The van der Waals surface area contributed by atoms with Crippen molar-refractivity contribution in [2.24, 2.45) is 11.8 Å². The van der Waals surface area contributed by atoms with E-state index in [1.807, 2.05) is 6.92 Å². The Hall–Kier alpha value is -0.930. The molecule has 3 N–H and O–H groups in total. The van der Waals surface area contributed by atoms with Crippen LogP contribution in [0.3, 0.4) is 0 Å². The highest BCUT2D eigenvalue weighted by atomic mass is 15.2. The summed E-state index contributed by atoms with van der Waals surface area (Å²) < 4.78 is 0. The lowest BCUT2D eigenvalue weighted by atomic mass is 10.0. The number of rotatable bonds is 3. The lowest BCUT2D eigenvalue weighted by Crippen LogP contribution is -2.30. The van der Waals surface area contributed by atoms with Crippen LogP contribution in [0, 0.1) is 19.8 Å². The van der Waals surface area contributed by atoms with Crippen molar-refractivity contribution in [3.05, 3.63) is 29.1 Å². The van der Waals surface area contributed by atoms with Gasteiger partial charge in [0.15, 0.2) is 0 Å². The van der Waals surface area contributed by atoms with Crippen molar-refractivity contribution in [3.8, 4) is 0 Å². The molecule has 1 saturated carbocycles. The van der Waals surface area contributed by atoms with E-state index in [1.54, 1.807) is 0 Å². The highest BCUT2D eigenvalue weighted by Gasteiger charge is 2.32. The third-order valence-corrected chi connectivity index (χ3v) is 2.87. The predicted molar refractivity (Wildman–Crippen MR) is 56.5 cm³/mol. The van der Waals surface area contributed by atoms with Gasteiger partial charge in [0, 0.05) is 11.4 Å². The summed E-state index contributed by atoms with van der Waals surface area (Å²) in [5.41, 5.74) is 6.32. The number of pyridine rings is 1. The van der Waals surface area contributed by atoms with Crippen molar-refractivity contribution in [1.29, 1.82) is 0 Å². The van der Waals surface area contributed by atoms with Crippen molar-refractivity contribution >= 4 is 0 Å². The van der Waals surface area contributed by atoms with E-state index in [9.17, 15) is 0 Å². The van der Waals surface area contributed by atoms with Crippen molar-refractivity contribution < 1.29 is 0 Å². The summed E-state index contributed by atoms with van der Waals surface area (Å²) in [4.78, 5) is 4.46. The first kappa shape index (κ1) is 9.62. The average molecular weight is 191 g/mol. The summed E-state index contributed by atoms with van der Waals surface area (Å²) in [6, 6.07) is 4.48. The molecule has 0 radical (unpaired) electrons. The fourth-order valence-corrected chi connectivity index (χ4v) is 1.94. The van der Waals surface area contributed by atoms with Gasteiger partial charge < -0.3 is 0 Å². The number of hydrazine groups is 1. The molecule has 1 aliphatic rings. The van der Waals surface area contributed by atoms with Crippen molar-refractivity contribution in [3.63, 3.8) is 0 Å². The van der Waals surface area contributed by atoms with Crippen LogP contribution in [0.4, 0.5) is 0 Å². The standard InChI is InChI=1S/C11H17N3/c1-7-3-6-10(8(2)13-7)11(14-12)9-4-5-9/h3,6,9,11,14H,4-5,12H2,1-2H3. The minimum atomic E-state index is 0.295. The van der Waals surface area contributed by atoms with Crippen LogP contribution in [-0.4, -0.2) is 4.98 Å². The topological polar surface area (TPSA) is 50.9 Å². The van der Waals surface area contributed by atoms with E-state index in [-0.39, 0.29) is 0 Å². The Bertz CT molecular complexity index is 331. The number of hydrogen-bond donors (Lipinski definition) is 2. The van der Waals surface area contributed by atoms with E-state index in [2.05, 4.69) is 29.5 Å². The molecule has 3 heteroatoms. The molecular formula is C11H17N3. The van der Waals surface area contributed by atoms with Gasteiger partial charge in [-0.05, 0) is 44.2 Å². The van der Waals surface area contributed by atoms with Crippen LogP contribution in [0.5, 0.6) is 0 Å². The van der Waals surface area contributed by atoms with Crippen LogP contribution < -0.4 is 11.3 Å². The van der Waals surface area contributed by atoms with E-state index >= 15 is 0 Å². The zero-order chi connectivity index (χ0) is 10.1. The molecule has 1 aromatic rings. The van der Waals surface area contributed by atoms with E-state index in [1.165, 1.54) is 18.4 Å². The molecule has 1 aromatic heterocycles. The second-order valence-corrected chi connectivity index (χ2v) is 4.11. The van der Waals surface area contributed by atoms with Crippen LogP contribution in [0.25, 0.3) is 0 Å². The minimum absolute atomic E-state index is 0.295. The van der Waals surface area contributed by atoms with Crippen LogP contribution in [0.15, 0.2) is 12.1 Å². The monoisotopic (exact) mass is 191 g/mol. The summed E-state index contributed by atoms with van der Waals surface area (Å²) in [5, 5.41) is 0. The first-order valence-electron chi connectivity index (χ1n) is 5.12. The molecule has 1 aliphatic carbocycles. The molecular weight excluding hydrogens is 174 g/mol. The largest absolute Gasteiger partial charge is 0.271 e. The molecule has 14 heavy (non-hydrogen) atoms. The van der Waals surface area contributed by atoms with Crippen molar-refractivity contribution in [2.45, 2.75) is 32.7 Å². The van der Waals surface area contributed by atoms with E-state index in [0.29, 0.717) is 12.0 Å². The first-order chi connectivity index (χ1) is 6.72. The molecule has 0 bridgehead atoms. The fourth-order valence-electron chi connectivity index (χ4n) is 1.94. The fraction of sp³-hybridized carbons (Fsp3) is 0.545. The normalized spacial score (nSPS) is 18.2. The van der Waals surface area contributed by atoms with Gasteiger partial charge in [0.05, 0.1) is 6.04 Å². The van der Waals surface area contributed by atoms with E-state index in [0.717, 1.165) is 11.4 Å². The molecule has 0 aromatic carbocycles. The molecule has 0 amide bonds. The summed E-state index contributed by atoms with van der Waals surface area (Å²) in [6.45, 7) is 4.06. The van der Waals surface area contributed by atoms with Gasteiger partial charge in [0.25, 0.3) is 0 Å². The molecule has 0 spiro atoms. The van der Waals surface area contributed by atoms with Crippen molar-refractivity contribution in [1.82, 2.24) is 10.4 Å². The van der Waals surface area contributed by atoms with E-state index in [4.69, 9.17) is 5.84 Å². The molecule has 0 aliphatic heterocycles. The molecule has 2 rings (SSSR count). The molecule has 1 fully saturated rings. The van der Waals surface area contributed by atoms with Gasteiger partial charge in [-0.2, -0.15) is 0 Å². The minimum Gasteiger partial charge on any atom is -0.271 e. The van der Waals surface area contributed by atoms with Gasteiger partial charge in [-0.15, -0.1) is 0 Å². The number of nitrogens with one attached hydrogen (secondary N) is 1. The molecule has 1 unspecified atom stereocenters. The van der Waals surface area contributed by atoms with Gasteiger partial charge in [0.2, 0.25) is 0 Å². The third-order valence-electron chi connectivity index (χ3n) is 2.87. The number of aromatic nitrogens is 1. The second kappa shape index (κ2) is 3.67. The average Bonchev–Trinajstić information content (AvgIpc) is 2.93. The molecule has 0 saturated heterocycles. The van der Waals surface area contributed by atoms with Crippen LogP contribution in [0.2, 0.25) is 0 Å². The number of hydrogen-bond acceptors (Lipinski definition) is 3. The summed E-state index contributed by atoms with van der Waals surface area (Å²) in [7, 11) is 0. The Morgan fingerprint density at radius 3 is 2.64 bits per heavy atom. The number of nitrogens with two attached hydrogens (primary N) is 1. The summed E-state index contributed by atoms with van der Waals surface area (Å²) >= 11 is 0. The Kier molecular flexibility index (Phi) is 2.52. The molecule has 76 valence electrons. The van der Waals surface area contributed by atoms with Crippen LogP contribution >= 0.6 is 0 Å². The van der Waals surface area contributed by atoms with Gasteiger partial charge in [0.1, 0.15) is 0 Å². The Balaban J connectivity index is 2.29. The number of nitrogens with zero attached hydrogens (tertiary/aromatic N) is 1. The third kappa shape index (κ3) is 1.79. The van der Waals surface area contributed by atoms with Gasteiger partial charge in [-0.3, -0.25) is 16.3 Å². The molecule has 3 nitrogen and oxygen atoms in total. The van der Waals surface area contributed by atoms with Gasteiger partial charge in [-0.1, -0.05) is 6.07 Å². The highest BCUT2D eigenvalue weighted by Crippen LogP contribution is 2.41. The van der Waals surface area contributed by atoms with Crippen LogP contribution in [-0.2, 0) is 0 Å². The maximum Gasteiger partial charge on any atom is 0.0506 e. The molecule has 1 atom stereocenters. The quantitative estimate of drug-likeness (QED) is 0.563. The lowest BCUT2D eigenvalue weighted by molar-refractivity contribution is 0.492. The Labute approximate surface area is 84.7 Å². The second-order valence-electron chi connectivity index (χ2n) is 4.11. The zero-order valence-corrected chi connectivity index (χ0v) is 8.75. The number of aryl methyl sites for hydroxylation is 2. The maximum atomic E-state index is 5.57. The Morgan fingerprint density at radius 2 is 2.14 bits per heavy atom.